The topological polar surface area (TPSA) is 25.8 Å². The largest absolute Gasteiger partial charge is 0.147 e. The Balaban J connectivity index is 0.00000168. The number of halogens is 2. The van der Waals surface area contributed by atoms with Crippen molar-refractivity contribution < 1.29 is 17.4 Å². The van der Waals surface area contributed by atoms with Crippen molar-refractivity contribution in [3.05, 3.63) is 119 Å². The first-order chi connectivity index (χ1) is 17.2. The second-order valence-electron chi connectivity index (χ2n) is 11.7. The second kappa shape index (κ2) is 10.5. The molecule has 6 rings (SSSR count). The molecule has 2 unspecified atom stereocenters. The van der Waals surface area contributed by atoms with Crippen LogP contribution in [0.4, 0.5) is 0 Å². The van der Waals surface area contributed by atoms with E-state index in [9.17, 15) is 0 Å². The first-order valence-corrected chi connectivity index (χ1v) is 26.4. The molecule has 4 aromatic rings. The molecule has 2 nitrogen and oxygen atoms in total. The second-order valence-corrected chi connectivity index (χ2v) is 42.1. The molecule has 2 aliphatic carbocycles. The first kappa shape index (κ1) is 28.9. The number of aromatic nitrogens is 2. The summed E-state index contributed by atoms with van der Waals surface area (Å²) in [5, 5.41) is 0. The van der Waals surface area contributed by atoms with E-state index < -0.39 is 17.4 Å². The van der Waals surface area contributed by atoms with Crippen LogP contribution in [-0.2, 0) is 17.4 Å². The summed E-state index contributed by atoms with van der Waals surface area (Å²) in [6, 6.07) is 22.4. The number of hydrogen-bond donors (Lipinski definition) is 0. The van der Waals surface area contributed by atoms with Crippen LogP contribution in [0.25, 0.3) is 34.4 Å². The summed E-state index contributed by atoms with van der Waals surface area (Å²) < 4.78 is 6.44. The smallest absolute Gasteiger partial charge is 0.147 e. The van der Waals surface area contributed by atoms with Crippen LogP contribution in [0.1, 0.15) is 43.4 Å². The van der Waals surface area contributed by atoms with Gasteiger partial charge in [0.15, 0.2) is 0 Å². The first-order valence-electron chi connectivity index (χ1n) is 12.7. The van der Waals surface area contributed by atoms with Gasteiger partial charge < -0.3 is 0 Å². The van der Waals surface area contributed by atoms with E-state index in [4.69, 9.17) is 0 Å². The van der Waals surface area contributed by atoms with Crippen molar-refractivity contribution in [2.45, 2.75) is 30.4 Å². The van der Waals surface area contributed by atoms with Gasteiger partial charge in [-0.1, -0.05) is 0 Å². The van der Waals surface area contributed by atoms with Crippen LogP contribution in [0.5, 0.6) is 0 Å². The fraction of sp³-hybridized carbons (Fsp3) is 0.188. The van der Waals surface area contributed by atoms with Gasteiger partial charge in [-0.3, -0.25) is 0 Å². The van der Waals surface area contributed by atoms with Gasteiger partial charge in [0.2, 0.25) is 0 Å². The summed E-state index contributed by atoms with van der Waals surface area (Å²) in [5.41, 5.74) is 14.1. The summed E-state index contributed by atoms with van der Waals surface area (Å²) in [5.74, 6) is 0. The molecule has 2 aromatic carbocycles. The van der Waals surface area contributed by atoms with Gasteiger partial charge in [0.25, 0.3) is 0 Å². The van der Waals surface area contributed by atoms with Crippen LogP contribution in [-0.4, -0.2) is 16.8 Å². The van der Waals surface area contributed by atoms with Crippen LogP contribution in [0.15, 0.2) is 96.6 Å². The molecule has 0 spiro atoms. The maximum absolute atomic E-state index is 4.24. The zero-order valence-corrected chi connectivity index (χ0v) is 27.8. The van der Waals surface area contributed by atoms with Gasteiger partial charge >= 0.3 is 218 Å². The predicted octanol–water partition coefficient (Wildman–Crippen LogP) is 8.60. The van der Waals surface area contributed by atoms with E-state index in [1.54, 1.807) is 0 Å². The fourth-order valence-electron chi connectivity index (χ4n) is 7.35. The maximum atomic E-state index is 4.24. The molecule has 2 atom stereocenters. The van der Waals surface area contributed by atoms with Crippen molar-refractivity contribution >= 4 is 43.8 Å². The Labute approximate surface area is 241 Å². The molecule has 0 fully saturated rings. The molecule has 2 aromatic heterocycles. The van der Waals surface area contributed by atoms with Crippen LogP contribution >= 0.6 is 24.8 Å². The molecule has 0 bridgehead atoms. The summed E-state index contributed by atoms with van der Waals surface area (Å²) in [7, 11) is 0. The van der Waals surface area contributed by atoms with Crippen LogP contribution in [0.3, 0.4) is 0 Å². The van der Waals surface area contributed by atoms with Crippen LogP contribution in [0, 0.1) is 0 Å². The van der Waals surface area contributed by atoms with Crippen molar-refractivity contribution in [2.75, 3.05) is 0 Å². The average molecular weight is 637 g/mol. The van der Waals surface area contributed by atoms with E-state index in [2.05, 4.69) is 113 Å². The molecule has 0 aliphatic heterocycles. The Kier molecular flexibility index (Phi) is 7.96. The Morgan fingerprint density at radius 3 is 1.34 bits per heavy atom. The normalized spacial score (nSPS) is 17.9. The number of benzene rings is 2. The van der Waals surface area contributed by atoms with Crippen molar-refractivity contribution in [3.8, 4) is 22.3 Å². The number of allylic oxidation sites excluding steroid dienone is 2. The summed E-state index contributed by atoms with van der Waals surface area (Å²) in [4.78, 5) is 8.48. The monoisotopic (exact) mass is 634 g/mol. The van der Waals surface area contributed by atoms with Gasteiger partial charge in [-0.25, -0.2) is 0 Å². The van der Waals surface area contributed by atoms with E-state index in [0.29, 0.717) is 7.25 Å². The van der Waals surface area contributed by atoms with Gasteiger partial charge in [-0.05, 0) is 0 Å². The van der Waals surface area contributed by atoms with E-state index in [-0.39, 0.29) is 24.8 Å². The molecule has 2 aliphatic rings. The maximum Gasteiger partial charge on any atom is -0.147 e. The van der Waals surface area contributed by atoms with Crippen molar-refractivity contribution in [2.24, 2.45) is 0 Å². The third-order valence-electron chi connectivity index (χ3n) is 8.44. The molecule has 0 saturated carbocycles. The molecule has 0 saturated heterocycles. The Morgan fingerprint density at radius 2 is 0.974 bits per heavy atom. The predicted molar refractivity (Wildman–Crippen MR) is 167 cm³/mol. The Hall–Kier alpha value is -2.10. The van der Waals surface area contributed by atoms with Gasteiger partial charge in [-0.15, -0.1) is 24.8 Å². The minimum absolute atomic E-state index is 0. The van der Waals surface area contributed by atoms with Crippen molar-refractivity contribution in [3.63, 3.8) is 0 Å². The van der Waals surface area contributed by atoms with E-state index in [1.807, 2.05) is 24.8 Å². The Bertz CT molecular complexity index is 1520. The van der Waals surface area contributed by atoms with E-state index >= 15 is 0 Å². The molecular weight excluding hydrogens is 603 g/mol. The number of hydrogen-bond acceptors (Lipinski definition) is 2. The minimum atomic E-state index is -3.51. The van der Waals surface area contributed by atoms with Crippen molar-refractivity contribution in [1.29, 1.82) is 0 Å². The molecule has 0 N–H and O–H groups in total. The molecule has 0 radical (unpaired) electrons. The number of pyridine rings is 2. The van der Waals surface area contributed by atoms with Gasteiger partial charge in [-0.2, -0.15) is 0 Å². The average Bonchev–Trinajstić information content (AvgIpc) is 3.41. The zero-order chi connectivity index (χ0) is 25.1. The summed E-state index contributed by atoms with van der Waals surface area (Å²) >= 11 is -3.51. The standard InChI is InChI=1S/2C15H12N.2CH3.2ClH.H2Si.Zr/c2*1-11-9-13-3-2-4-14(15(13)10-11)12-5-7-16-8-6-12;;;;;;/h2*2-10H,1H3;2*1H3;2*1H;1H2;. The van der Waals surface area contributed by atoms with E-state index in [1.165, 1.54) is 55.7 Å². The quantitative estimate of drug-likeness (QED) is 0.210. The molecule has 0 amide bonds. The molecular formula is C32H34Cl2N2SiZr. The molecule has 38 heavy (non-hydrogen) atoms. The number of fused-ring (bicyclic) bond motifs is 2. The van der Waals surface area contributed by atoms with E-state index in [0.717, 1.165) is 0 Å². The fourth-order valence-corrected chi connectivity index (χ4v) is 28.6. The molecule has 6 heteroatoms. The molecule has 2 heterocycles. The number of nitrogens with zero attached hydrogens (tertiary/aromatic N) is 2. The van der Waals surface area contributed by atoms with Gasteiger partial charge in [0, 0.05) is 0 Å². The number of rotatable bonds is 4. The van der Waals surface area contributed by atoms with Gasteiger partial charge in [0.1, 0.15) is 0 Å². The third-order valence-corrected chi connectivity index (χ3v) is 26.4. The summed E-state index contributed by atoms with van der Waals surface area (Å²) in [6.07, 6.45) is 12.5. The van der Waals surface area contributed by atoms with Gasteiger partial charge in [0.05, 0.1) is 0 Å². The third kappa shape index (κ3) is 4.54. The SMILES string of the molecule is CC1=Cc2c(-c3ccncc3)cccc2[CH]1[Zr]([CH3])([CH3])(=[SiH2])[CH]1C(C)=Cc2c(-c3ccncc3)cccc21.Cl.Cl. The minimum Gasteiger partial charge on any atom is -0.147 e. The molecule has 194 valence electrons. The van der Waals surface area contributed by atoms with Crippen molar-refractivity contribution in [1.82, 2.24) is 9.97 Å². The van der Waals surface area contributed by atoms with Crippen LogP contribution < -0.4 is 0 Å². The zero-order valence-electron chi connectivity index (χ0n) is 22.3. The summed E-state index contributed by atoms with van der Waals surface area (Å²) in [6.45, 7) is 7.15. The van der Waals surface area contributed by atoms with Crippen LogP contribution in [0.2, 0.25) is 9.26 Å². The Morgan fingerprint density at radius 1 is 0.605 bits per heavy atom.